The van der Waals surface area contributed by atoms with Crippen molar-refractivity contribution >= 4 is 46.0 Å². The normalized spacial score (nSPS) is 14.0. The summed E-state index contributed by atoms with van der Waals surface area (Å²) in [5.41, 5.74) is 4.79. The molecule has 0 atom stereocenters. The standard InChI is InChI=1S/C24H21ClN2O3/c1-2-26-21(28)14-30-24(29)22-17-8-4-6-10-20(17)27-23-16(11-12-18(22)23)13-15-7-3-5-9-19(15)25/h3-10,13H,2,11-12,14H2,1H3,(H,26,28)/b16-13+. The molecule has 1 N–H and O–H groups in total. The minimum Gasteiger partial charge on any atom is -0.452 e. The Hall–Kier alpha value is -3.18. The summed E-state index contributed by atoms with van der Waals surface area (Å²) in [6.45, 7) is 2.00. The number of pyridine rings is 1. The van der Waals surface area contributed by atoms with Gasteiger partial charge in [0.25, 0.3) is 5.91 Å². The number of rotatable bonds is 5. The topological polar surface area (TPSA) is 68.3 Å². The van der Waals surface area contributed by atoms with Crippen molar-refractivity contribution in [1.29, 1.82) is 0 Å². The van der Waals surface area contributed by atoms with Crippen molar-refractivity contribution in [1.82, 2.24) is 10.3 Å². The van der Waals surface area contributed by atoms with E-state index in [0.717, 1.165) is 34.2 Å². The number of halogens is 1. The Morgan fingerprint density at radius 2 is 1.90 bits per heavy atom. The molecule has 1 aromatic heterocycles. The molecule has 0 aliphatic heterocycles. The van der Waals surface area contributed by atoms with Crippen LogP contribution in [0.25, 0.3) is 22.6 Å². The molecule has 0 fully saturated rings. The summed E-state index contributed by atoms with van der Waals surface area (Å²) in [6.07, 6.45) is 3.45. The molecule has 1 aliphatic rings. The number of carbonyl (C=O) groups excluding carboxylic acids is 2. The Balaban J connectivity index is 1.78. The van der Waals surface area contributed by atoms with Crippen LogP contribution >= 0.6 is 11.6 Å². The minimum absolute atomic E-state index is 0.305. The first-order chi connectivity index (χ1) is 14.6. The van der Waals surface area contributed by atoms with Crippen LogP contribution in [0, 0.1) is 0 Å². The molecule has 0 unspecified atom stereocenters. The van der Waals surface area contributed by atoms with Gasteiger partial charge in [-0.3, -0.25) is 4.79 Å². The summed E-state index contributed by atoms with van der Waals surface area (Å²) in [4.78, 5) is 29.5. The zero-order valence-electron chi connectivity index (χ0n) is 16.6. The van der Waals surface area contributed by atoms with Gasteiger partial charge in [-0.15, -0.1) is 0 Å². The molecule has 3 aromatic rings. The van der Waals surface area contributed by atoms with Crippen LogP contribution in [0.3, 0.4) is 0 Å². The molecular formula is C24H21ClN2O3. The van der Waals surface area contributed by atoms with E-state index in [4.69, 9.17) is 21.3 Å². The Bertz CT molecular complexity index is 1170. The molecule has 0 radical (unpaired) electrons. The third kappa shape index (κ3) is 3.94. The fourth-order valence-corrected chi connectivity index (χ4v) is 3.93. The number of esters is 1. The molecular weight excluding hydrogens is 400 g/mol. The van der Waals surface area contributed by atoms with Gasteiger partial charge in [0.05, 0.1) is 16.8 Å². The van der Waals surface area contributed by atoms with Gasteiger partial charge < -0.3 is 10.1 Å². The van der Waals surface area contributed by atoms with Gasteiger partial charge in [-0.05, 0) is 54.7 Å². The Kier molecular flexibility index (Phi) is 5.81. The Labute approximate surface area is 179 Å². The van der Waals surface area contributed by atoms with Gasteiger partial charge in [0, 0.05) is 17.0 Å². The number of fused-ring (bicyclic) bond motifs is 2. The number of amides is 1. The first-order valence-electron chi connectivity index (χ1n) is 9.89. The monoisotopic (exact) mass is 420 g/mol. The zero-order valence-corrected chi connectivity index (χ0v) is 17.3. The largest absolute Gasteiger partial charge is 0.452 e. The number of aromatic nitrogens is 1. The van der Waals surface area contributed by atoms with Gasteiger partial charge in [-0.1, -0.05) is 48.0 Å². The van der Waals surface area contributed by atoms with Crippen LogP contribution in [0.15, 0.2) is 48.5 Å². The second kappa shape index (κ2) is 8.67. The number of hydrogen-bond donors (Lipinski definition) is 1. The number of nitrogens with zero attached hydrogens (tertiary/aromatic N) is 1. The lowest BCUT2D eigenvalue weighted by molar-refractivity contribution is -0.124. The minimum atomic E-state index is -0.505. The average Bonchev–Trinajstić information content (AvgIpc) is 3.14. The van der Waals surface area contributed by atoms with Gasteiger partial charge in [0.15, 0.2) is 6.61 Å². The molecule has 6 heteroatoms. The maximum Gasteiger partial charge on any atom is 0.339 e. The van der Waals surface area contributed by atoms with E-state index in [-0.39, 0.29) is 12.5 Å². The summed E-state index contributed by atoms with van der Waals surface area (Å²) in [6, 6.07) is 15.1. The smallest absolute Gasteiger partial charge is 0.339 e. The first-order valence-corrected chi connectivity index (χ1v) is 10.3. The van der Waals surface area contributed by atoms with Crippen LogP contribution in [-0.4, -0.2) is 30.0 Å². The van der Waals surface area contributed by atoms with Crippen LogP contribution in [0.5, 0.6) is 0 Å². The molecule has 0 bridgehead atoms. The van der Waals surface area contributed by atoms with Gasteiger partial charge in [0.1, 0.15) is 0 Å². The SMILES string of the molecule is CCNC(=O)COC(=O)c1c2c(nc3ccccc13)/C(=C/c1ccccc1Cl)CC2. The summed E-state index contributed by atoms with van der Waals surface area (Å²) in [7, 11) is 0. The lowest BCUT2D eigenvalue weighted by Gasteiger charge is -2.12. The third-order valence-corrected chi connectivity index (χ3v) is 5.43. The van der Waals surface area contributed by atoms with Gasteiger partial charge in [0.2, 0.25) is 0 Å². The highest BCUT2D eigenvalue weighted by Gasteiger charge is 2.28. The number of carbonyl (C=O) groups is 2. The fraction of sp³-hybridized carbons (Fsp3) is 0.208. The van der Waals surface area contributed by atoms with Gasteiger partial charge >= 0.3 is 5.97 Å². The van der Waals surface area contributed by atoms with Crippen LogP contribution in [-0.2, 0) is 16.0 Å². The molecule has 5 nitrogen and oxygen atoms in total. The molecule has 4 rings (SSSR count). The van der Waals surface area contributed by atoms with Crippen molar-refractivity contribution < 1.29 is 14.3 Å². The van der Waals surface area contributed by atoms with E-state index in [1.165, 1.54) is 0 Å². The van der Waals surface area contributed by atoms with E-state index < -0.39 is 5.97 Å². The zero-order chi connectivity index (χ0) is 21.1. The van der Waals surface area contributed by atoms with E-state index in [1.54, 1.807) is 0 Å². The number of hydrogen-bond acceptors (Lipinski definition) is 4. The van der Waals surface area contributed by atoms with Crippen molar-refractivity contribution in [2.75, 3.05) is 13.2 Å². The van der Waals surface area contributed by atoms with Gasteiger partial charge in [-0.2, -0.15) is 0 Å². The van der Waals surface area contributed by atoms with E-state index >= 15 is 0 Å². The number of benzene rings is 2. The van der Waals surface area contributed by atoms with Gasteiger partial charge in [-0.25, -0.2) is 9.78 Å². The van der Waals surface area contributed by atoms with Crippen LogP contribution < -0.4 is 5.32 Å². The van der Waals surface area contributed by atoms with Crippen molar-refractivity contribution in [2.24, 2.45) is 0 Å². The first kappa shape index (κ1) is 20.1. The Morgan fingerprint density at radius 3 is 2.70 bits per heavy atom. The molecule has 152 valence electrons. The highest BCUT2D eigenvalue weighted by atomic mass is 35.5. The second-order valence-electron chi connectivity index (χ2n) is 7.05. The molecule has 0 saturated carbocycles. The van der Waals surface area contributed by atoms with Crippen molar-refractivity contribution in [2.45, 2.75) is 19.8 Å². The van der Waals surface area contributed by atoms with Crippen molar-refractivity contribution in [3.8, 4) is 0 Å². The van der Waals surface area contributed by atoms with E-state index in [1.807, 2.05) is 61.5 Å². The Morgan fingerprint density at radius 1 is 1.13 bits per heavy atom. The number of likely N-dealkylation sites (N-methyl/N-ethyl adjacent to an activating group) is 1. The number of nitrogens with one attached hydrogen (secondary N) is 1. The molecule has 30 heavy (non-hydrogen) atoms. The summed E-state index contributed by atoms with van der Waals surface area (Å²) >= 11 is 6.33. The molecule has 0 saturated heterocycles. The highest BCUT2D eigenvalue weighted by molar-refractivity contribution is 6.32. The second-order valence-corrected chi connectivity index (χ2v) is 7.46. The predicted octanol–water partition coefficient (Wildman–Crippen LogP) is 4.67. The number of para-hydroxylation sites is 1. The van der Waals surface area contributed by atoms with Crippen LogP contribution in [0.4, 0.5) is 0 Å². The van der Waals surface area contributed by atoms with Crippen LogP contribution in [0.1, 0.15) is 40.5 Å². The van der Waals surface area contributed by atoms with E-state index in [0.29, 0.717) is 29.1 Å². The maximum atomic E-state index is 13.0. The van der Waals surface area contributed by atoms with Crippen molar-refractivity contribution in [3.05, 3.63) is 75.9 Å². The summed E-state index contributed by atoms with van der Waals surface area (Å²) in [5, 5.41) is 4.03. The molecule has 1 aliphatic carbocycles. The molecule has 1 heterocycles. The average molecular weight is 421 g/mol. The summed E-state index contributed by atoms with van der Waals surface area (Å²) in [5.74, 6) is -0.824. The lowest BCUT2D eigenvalue weighted by atomic mass is 10.0. The molecule has 0 spiro atoms. The van der Waals surface area contributed by atoms with Crippen molar-refractivity contribution in [3.63, 3.8) is 0 Å². The van der Waals surface area contributed by atoms with E-state index in [2.05, 4.69) is 5.32 Å². The summed E-state index contributed by atoms with van der Waals surface area (Å²) < 4.78 is 5.33. The number of ether oxygens (including phenoxy) is 1. The maximum absolute atomic E-state index is 13.0. The van der Waals surface area contributed by atoms with E-state index in [9.17, 15) is 9.59 Å². The quantitative estimate of drug-likeness (QED) is 0.609. The highest BCUT2D eigenvalue weighted by Crippen LogP contribution is 2.38. The molecule has 2 aromatic carbocycles. The fourth-order valence-electron chi connectivity index (χ4n) is 3.74. The lowest BCUT2D eigenvalue weighted by Crippen LogP contribution is -2.28. The molecule has 1 amide bonds. The third-order valence-electron chi connectivity index (χ3n) is 5.09. The number of allylic oxidation sites excluding steroid dienone is 1. The predicted molar refractivity (Wildman–Crippen MR) is 118 cm³/mol. The van der Waals surface area contributed by atoms with Crippen LogP contribution in [0.2, 0.25) is 5.02 Å².